The number of hydrogen-bond donors (Lipinski definition) is 3. The van der Waals surface area contributed by atoms with Crippen molar-refractivity contribution < 1.29 is 19.1 Å². The Morgan fingerprint density at radius 3 is 2.95 bits per heavy atom. The zero-order valence-electron chi connectivity index (χ0n) is 11.3. The molecule has 6 heteroatoms. The van der Waals surface area contributed by atoms with Crippen molar-refractivity contribution in [2.24, 2.45) is 0 Å². The summed E-state index contributed by atoms with van der Waals surface area (Å²) in [6, 6.07) is 3.61. The van der Waals surface area contributed by atoms with Gasteiger partial charge in [-0.3, -0.25) is 9.59 Å². The van der Waals surface area contributed by atoms with E-state index in [0.29, 0.717) is 24.8 Å². The fourth-order valence-corrected chi connectivity index (χ4v) is 1.95. The standard InChI is InChI=1S/C15H15FN2O3/c16-11-9-10(3-1-2-8-19)4-5-12(11)18-15(21)13-6-7-14(20)17-13/h4-5,9,13,19H,2,6-8H2,(H,17,20)(H,18,21). The van der Waals surface area contributed by atoms with Crippen LogP contribution in [0, 0.1) is 17.7 Å². The normalized spacial score (nSPS) is 16.9. The van der Waals surface area contributed by atoms with Crippen LogP contribution in [0.15, 0.2) is 18.2 Å². The van der Waals surface area contributed by atoms with Crippen LogP contribution in [0.1, 0.15) is 24.8 Å². The van der Waals surface area contributed by atoms with Gasteiger partial charge in [-0.2, -0.15) is 0 Å². The predicted octanol–water partition coefficient (Wildman–Crippen LogP) is 0.777. The molecule has 1 aromatic rings. The van der Waals surface area contributed by atoms with Crippen molar-refractivity contribution in [1.29, 1.82) is 0 Å². The molecule has 3 N–H and O–H groups in total. The van der Waals surface area contributed by atoms with Gasteiger partial charge < -0.3 is 15.7 Å². The number of amides is 2. The summed E-state index contributed by atoms with van der Waals surface area (Å²) in [4.78, 5) is 22.9. The van der Waals surface area contributed by atoms with E-state index in [9.17, 15) is 14.0 Å². The summed E-state index contributed by atoms with van der Waals surface area (Å²) in [5, 5.41) is 13.6. The lowest BCUT2D eigenvalue weighted by molar-refractivity contribution is -0.122. The van der Waals surface area contributed by atoms with Crippen LogP contribution in [0.2, 0.25) is 0 Å². The Kier molecular flexibility index (Phi) is 4.90. The number of carbonyl (C=O) groups excluding carboxylic acids is 2. The second kappa shape index (κ2) is 6.86. The largest absolute Gasteiger partial charge is 0.395 e. The first kappa shape index (κ1) is 15.0. The third-order valence-corrected chi connectivity index (χ3v) is 3.01. The maximum atomic E-state index is 13.9. The molecule has 1 atom stereocenters. The highest BCUT2D eigenvalue weighted by Crippen LogP contribution is 2.17. The lowest BCUT2D eigenvalue weighted by atomic mass is 10.1. The minimum atomic E-state index is -0.610. The summed E-state index contributed by atoms with van der Waals surface area (Å²) in [6.07, 6.45) is 1.04. The zero-order chi connectivity index (χ0) is 15.2. The van der Waals surface area contributed by atoms with Crippen LogP contribution in [0.25, 0.3) is 0 Å². The average molecular weight is 290 g/mol. The number of rotatable bonds is 3. The summed E-state index contributed by atoms with van der Waals surface area (Å²) < 4.78 is 13.9. The van der Waals surface area contributed by atoms with Gasteiger partial charge in [-0.25, -0.2) is 4.39 Å². The molecule has 21 heavy (non-hydrogen) atoms. The lowest BCUT2D eigenvalue weighted by Crippen LogP contribution is -2.37. The molecule has 1 unspecified atom stereocenters. The molecule has 0 bridgehead atoms. The van der Waals surface area contributed by atoms with Crippen LogP contribution in [0.4, 0.5) is 10.1 Å². The molecule has 1 heterocycles. The first-order chi connectivity index (χ1) is 10.1. The number of benzene rings is 1. The van der Waals surface area contributed by atoms with E-state index in [0.717, 1.165) is 0 Å². The summed E-state index contributed by atoms with van der Waals surface area (Å²) in [5.74, 6) is 4.19. The van der Waals surface area contributed by atoms with Gasteiger partial charge >= 0.3 is 0 Å². The van der Waals surface area contributed by atoms with Gasteiger partial charge in [0.2, 0.25) is 11.8 Å². The zero-order valence-corrected chi connectivity index (χ0v) is 11.3. The number of aliphatic hydroxyl groups is 1. The number of halogens is 1. The van der Waals surface area contributed by atoms with Crippen LogP contribution < -0.4 is 10.6 Å². The molecular weight excluding hydrogens is 275 g/mol. The van der Waals surface area contributed by atoms with E-state index in [-0.39, 0.29) is 18.2 Å². The molecule has 110 valence electrons. The van der Waals surface area contributed by atoms with Gasteiger partial charge in [0, 0.05) is 18.4 Å². The average Bonchev–Trinajstić information content (AvgIpc) is 2.89. The molecule has 0 aliphatic carbocycles. The number of anilines is 1. The second-order valence-corrected chi connectivity index (χ2v) is 4.62. The molecule has 0 spiro atoms. The monoisotopic (exact) mass is 290 g/mol. The van der Waals surface area contributed by atoms with Crippen LogP contribution >= 0.6 is 0 Å². The van der Waals surface area contributed by atoms with Crippen molar-refractivity contribution >= 4 is 17.5 Å². The number of aliphatic hydroxyl groups excluding tert-OH is 1. The Hall–Kier alpha value is -2.39. The van der Waals surface area contributed by atoms with Crippen molar-refractivity contribution in [3.05, 3.63) is 29.6 Å². The molecule has 1 saturated heterocycles. The third-order valence-electron chi connectivity index (χ3n) is 3.01. The van der Waals surface area contributed by atoms with E-state index in [4.69, 9.17) is 5.11 Å². The summed E-state index contributed by atoms with van der Waals surface area (Å²) in [7, 11) is 0. The number of hydrogen-bond acceptors (Lipinski definition) is 3. The van der Waals surface area contributed by atoms with Gasteiger partial charge in [0.1, 0.15) is 11.9 Å². The highest BCUT2D eigenvalue weighted by Gasteiger charge is 2.27. The van der Waals surface area contributed by atoms with E-state index in [1.54, 1.807) is 6.07 Å². The van der Waals surface area contributed by atoms with Gasteiger partial charge in [-0.05, 0) is 24.6 Å². The molecule has 0 saturated carbocycles. The number of carbonyl (C=O) groups is 2. The van der Waals surface area contributed by atoms with Crippen molar-refractivity contribution in [3.8, 4) is 11.8 Å². The Morgan fingerprint density at radius 1 is 1.52 bits per heavy atom. The molecule has 1 aliphatic rings. The molecule has 0 aromatic heterocycles. The topological polar surface area (TPSA) is 78.4 Å². The fraction of sp³-hybridized carbons (Fsp3) is 0.333. The summed E-state index contributed by atoms with van der Waals surface area (Å²) >= 11 is 0. The van der Waals surface area contributed by atoms with Crippen LogP contribution in [0.3, 0.4) is 0 Å². The maximum absolute atomic E-state index is 13.9. The molecule has 1 aromatic carbocycles. The van der Waals surface area contributed by atoms with Gasteiger partial charge in [-0.15, -0.1) is 0 Å². The van der Waals surface area contributed by atoms with Gasteiger partial charge in [0.05, 0.1) is 12.3 Å². The van der Waals surface area contributed by atoms with E-state index >= 15 is 0 Å². The Labute approximate surface area is 121 Å². The Bertz CT molecular complexity index is 619. The summed E-state index contributed by atoms with van der Waals surface area (Å²) in [5.41, 5.74) is 0.516. The third kappa shape index (κ3) is 4.04. The highest BCUT2D eigenvalue weighted by molar-refractivity contribution is 5.99. The fourth-order valence-electron chi connectivity index (χ4n) is 1.95. The van der Waals surface area contributed by atoms with Crippen molar-refractivity contribution in [3.63, 3.8) is 0 Å². The van der Waals surface area contributed by atoms with Gasteiger partial charge in [-0.1, -0.05) is 11.8 Å². The van der Waals surface area contributed by atoms with Crippen LogP contribution in [0.5, 0.6) is 0 Å². The first-order valence-corrected chi connectivity index (χ1v) is 6.59. The molecule has 2 amide bonds. The maximum Gasteiger partial charge on any atom is 0.247 e. The molecule has 1 aliphatic heterocycles. The Morgan fingerprint density at radius 2 is 2.33 bits per heavy atom. The van der Waals surface area contributed by atoms with Crippen LogP contribution in [-0.4, -0.2) is 29.6 Å². The molecule has 0 radical (unpaired) electrons. The second-order valence-electron chi connectivity index (χ2n) is 4.62. The number of nitrogens with one attached hydrogen (secondary N) is 2. The molecule has 1 fully saturated rings. The first-order valence-electron chi connectivity index (χ1n) is 6.59. The SMILES string of the molecule is O=C1CCC(C(=O)Nc2ccc(C#CCCO)cc2F)N1. The molecule has 2 rings (SSSR count). The van der Waals surface area contributed by atoms with E-state index < -0.39 is 17.8 Å². The van der Waals surface area contributed by atoms with Gasteiger partial charge in [0.25, 0.3) is 0 Å². The van der Waals surface area contributed by atoms with Crippen LogP contribution in [-0.2, 0) is 9.59 Å². The van der Waals surface area contributed by atoms with E-state index in [1.807, 2.05) is 0 Å². The minimum Gasteiger partial charge on any atom is -0.395 e. The Balaban J connectivity index is 2.02. The quantitative estimate of drug-likeness (QED) is 0.720. The van der Waals surface area contributed by atoms with E-state index in [1.165, 1.54) is 12.1 Å². The van der Waals surface area contributed by atoms with Gasteiger partial charge in [0.15, 0.2) is 0 Å². The van der Waals surface area contributed by atoms with E-state index in [2.05, 4.69) is 22.5 Å². The molecular formula is C15H15FN2O3. The van der Waals surface area contributed by atoms with Crippen molar-refractivity contribution in [2.45, 2.75) is 25.3 Å². The van der Waals surface area contributed by atoms with Crippen molar-refractivity contribution in [2.75, 3.05) is 11.9 Å². The lowest BCUT2D eigenvalue weighted by Gasteiger charge is -2.11. The highest BCUT2D eigenvalue weighted by atomic mass is 19.1. The summed E-state index contributed by atoms with van der Waals surface area (Å²) in [6.45, 7) is -0.0449. The smallest absolute Gasteiger partial charge is 0.247 e. The minimum absolute atomic E-state index is 0.0449. The predicted molar refractivity (Wildman–Crippen MR) is 74.8 cm³/mol. The van der Waals surface area contributed by atoms with Crippen molar-refractivity contribution in [1.82, 2.24) is 5.32 Å². The molecule has 5 nitrogen and oxygen atoms in total.